The van der Waals surface area contributed by atoms with Gasteiger partial charge in [-0.2, -0.15) is 0 Å². The van der Waals surface area contributed by atoms with Crippen molar-refractivity contribution >= 4 is 16.7 Å². The average Bonchev–Trinajstić information content (AvgIpc) is 2.73. The molecule has 0 unspecified atom stereocenters. The minimum atomic E-state index is 0.0225. The molecule has 0 saturated carbocycles. The summed E-state index contributed by atoms with van der Waals surface area (Å²) >= 11 is 0. The van der Waals surface area contributed by atoms with Crippen LogP contribution in [-0.2, 0) is 13.6 Å². The van der Waals surface area contributed by atoms with Crippen molar-refractivity contribution in [3.8, 4) is 11.1 Å². The van der Waals surface area contributed by atoms with Gasteiger partial charge in [0.25, 0.3) is 0 Å². The number of nitrogens with two attached hydrogens (primary N) is 1. The number of aromatic nitrogens is 2. The first-order valence-electron chi connectivity index (χ1n) is 8.23. The topological polar surface area (TPSA) is 52.9 Å². The molecule has 0 radical (unpaired) electrons. The van der Waals surface area contributed by atoms with Crippen LogP contribution >= 0.6 is 0 Å². The molecule has 0 saturated heterocycles. The van der Waals surface area contributed by atoms with Crippen LogP contribution in [-0.4, -0.2) is 9.13 Å². The number of anilines is 1. The number of fused-ring (bicyclic) bond motifs is 1. The molecule has 0 aliphatic heterocycles. The van der Waals surface area contributed by atoms with Crippen LogP contribution in [0.15, 0.2) is 41.2 Å². The molecule has 4 nitrogen and oxygen atoms in total. The molecule has 0 spiro atoms. The zero-order chi connectivity index (χ0) is 17.6. The number of imidazole rings is 1. The zero-order valence-electron chi connectivity index (χ0n) is 15.1. The van der Waals surface area contributed by atoms with Gasteiger partial charge in [-0.25, -0.2) is 4.79 Å². The predicted molar refractivity (Wildman–Crippen MR) is 101 cm³/mol. The molecule has 0 aliphatic carbocycles. The highest BCUT2D eigenvalue weighted by atomic mass is 16.1. The second-order valence-corrected chi connectivity index (χ2v) is 7.78. The highest BCUT2D eigenvalue weighted by Gasteiger charge is 2.18. The summed E-state index contributed by atoms with van der Waals surface area (Å²) in [6, 6.07) is 12.2. The Bertz CT molecular complexity index is 971. The lowest BCUT2D eigenvalue weighted by Crippen LogP contribution is -2.27. The molecular formula is C20H25N3O. The molecule has 0 fully saturated rings. The number of hydrogen-bond donors (Lipinski definition) is 1. The molecule has 0 bridgehead atoms. The average molecular weight is 323 g/mol. The van der Waals surface area contributed by atoms with Crippen molar-refractivity contribution in [2.75, 3.05) is 5.73 Å². The maximum absolute atomic E-state index is 12.6. The second-order valence-electron chi connectivity index (χ2n) is 7.78. The molecule has 0 amide bonds. The van der Waals surface area contributed by atoms with Gasteiger partial charge in [-0.1, -0.05) is 38.5 Å². The largest absolute Gasteiger partial charge is 0.398 e. The minimum absolute atomic E-state index is 0.0225. The Kier molecular flexibility index (Phi) is 3.78. The highest BCUT2D eigenvalue weighted by molar-refractivity contribution is 5.86. The Morgan fingerprint density at radius 3 is 2.42 bits per heavy atom. The van der Waals surface area contributed by atoms with Crippen LogP contribution in [0.25, 0.3) is 22.2 Å². The van der Waals surface area contributed by atoms with Crippen molar-refractivity contribution in [1.82, 2.24) is 9.13 Å². The first-order chi connectivity index (χ1) is 11.2. The van der Waals surface area contributed by atoms with E-state index in [-0.39, 0.29) is 11.1 Å². The normalized spacial score (nSPS) is 12.0. The van der Waals surface area contributed by atoms with Gasteiger partial charge in [0, 0.05) is 24.8 Å². The Balaban J connectivity index is 2.21. The fourth-order valence-corrected chi connectivity index (χ4v) is 3.12. The lowest BCUT2D eigenvalue weighted by molar-refractivity contribution is 0.342. The number of nitrogen functional groups attached to an aromatic ring is 1. The Hall–Kier alpha value is -2.49. The number of rotatable bonds is 2. The van der Waals surface area contributed by atoms with E-state index in [9.17, 15) is 4.79 Å². The SMILES string of the molecule is Cc1ccc(N)c(-c2ccc3c(c2)n(C)c(=O)n3CC(C)(C)C)c1. The number of benzene rings is 2. The number of aryl methyl sites for hydroxylation is 2. The third-order valence-corrected chi connectivity index (χ3v) is 4.30. The molecule has 24 heavy (non-hydrogen) atoms. The van der Waals surface area contributed by atoms with E-state index in [2.05, 4.69) is 39.8 Å². The predicted octanol–water partition coefficient (Wildman–Crippen LogP) is 3.94. The molecule has 0 aliphatic rings. The van der Waals surface area contributed by atoms with Crippen LogP contribution in [0.4, 0.5) is 5.69 Å². The summed E-state index contributed by atoms with van der Waals surface area (Å²) in [5, 5.41) is 0. The molecule has 2 aromatic carbocycles. The van der Waals surface area contributed by atoms with E-state index in [1.807, 2.05) is 35.9 Å². The molecule has 126 valence electrons. The lowest BCUT2D eigenvalue weighted by atomic mass is 9.96. The minimum Gasteiger partial charge on any atom is -0.398 e. The monoisotopic (exact) mass is 323 g/mol. The van der Waals surface area contributed by atoms with Gasteiger partial charge < -0.3 is 5.73 Å². The van der Waals surface area contributed by atoms with E-state index < -0.39 is 0 Å². The van der Waals surface area contributed by atoms with Crippen LogP contribution in [0.2, 0.25) is 0 Å². The van der Waals surface area contributed by atoms with Gasteiger partial charge in [0.05, 0.1) is 11.0 Å². The van der Waals surface area contributed by atoms with Crippen LogP contribution in [0.5, 0.6) is 0 Å². The summed E-state index contributed by atoms with van der Waals surface area (Å²) in [6.07, 6.45) is 0. The fourth-order valence-electron chi connectivity index (χ4n) is 3.12. The van der Waals surface area contributed by atoms with Crippen LogP contribution in [0.3, 0.4) is 0 Å². The van der Waals surface area contributed by atoms with E-state index >= 15 is 0 Å². The summed E-state index contributed by atoms with van der Waals surface area (Å²) in [7, 11) is 1.83. The number of nitrogens with zero attached hydrogens (tertiary/aromatic N) is 2. The standard InChI is InChI=1S/C20H25N3O/c1-13-6-8-16(21)15(10-13)14-7-9-17-18(11-14)22(5)19(24)23(17)12-20(2,3)4/h6-11H,12,21H2,1-5H3. The molecule has 3 aromatic rings. The first-order valence-corrected chi connectivity index (χ1v) is 8.23. The summed E-state index contributed by atoms with van der Waals surface area (Å²) < 4.78 is 3.58. The van der Waals surface area contributed by atoms with Crippen molar-refractivity contribution in [3.63, 3.8) is 0 Å². The summed E-state index contributed by atoms with van der Waals surface area (Å²) in [5.41, 5.74) is 12.1. The molecular weight excluding hydrogens is 298 g/mol. The van der Waals surface area contributed by atoms with Gasteiger partial charge in [-0.15, -0.1) is 0 Å². The Labute approximate surface area is 142 Å². The van der Waals surface area contributed by atoms with Crippen LogP contribution in [0.1, 0.15) is 26.3 Å². The van der Waals surface area contributed by atoms with E-state index in [4.69, 9.17) is 5.73 Å². The van der Waals surface area contributed by atoms with Gasteiger partial charge in [0.2, 0.25) is 0 Å². The van der Waals surface area contributed by atoms with Crippen LogP contribution < -0.4 is 11.4 Å². The number of hydrogen-bond acceptors (Lipinski definition) is 2. The smallest absolute Gasteiger partial charge is 0.328 e. The Morgan fingerprint density at radius 2 is 1.75 bits per heavy atom. The zero-order valence-corrected chi connectivity index (χ0v) is 15.1. The lowest BCUT2D eigenvalue weighted by Gasteiger charge is -2.18. The van der Waals surface area contributed by atoms with Gasteiger partial charge in [-0.3, -0.25) is 9.13 Å². The quantitative estimate of drug-likeness (QED) is 0.726. The third kappa shape index (κ3) is 2.84. The van der Waals surface area contributed by atoms with Crippen molar-refractivity contribution in [2.24, 2.45) is 12.5 Å². The van der Waals surface area contributed by atoms with Crippen LogP contribution in [0, 0.1) is 12.3 Å². The van der Waals surface area contributed by atoms with Gasteiger partial charge in [0.1, 0.15) is 0 Å². The second kappa shape index (κ2) is 5.55. The van der Waals surface area contributed by atoms with Gasteiger partial charge in [-0.05, 0) is 42.2 Å². The summed E-state index contributed by atoms with van der Waals surface area (Å²) in [4.78, 5) is 12.6. The van der Waals surface area contributed by atoms with Gasteiger partial charge >= 0.3 is 5.69 Å². The molecule has 3 rings (SSSR count). The van der Waals surface area contributed by atoms with Crippen molar-refractivity contribution in [3.05, 3.63) is 52.4 Å². The van der Waals surface area contributed by atoms with E-state index in [0.29, 0.717) is 6.54 Å². The van der Waals surface area contributed by atoms with E-state index in [0.717, 1.165) is 27.8 Å². The maximum Gasteiger partial charge on any atom is 0.328 e. The van der Waals surface area contributed by atoms with E-state index in [1.165, 1.54) is 5.56 Å². The first kappa shape index (κ1) is 16.4. The summed E-state index contributed by atoms with van der Waals surface area (Å²) in [5.74, 6) is 0. The van der Waals surface area contributed by atoms with Crippen molar-refractivity contribution in [2.45, 2.75) is 34.2 Å². The van der Waals surface area contributed by atoms with Gasteiger partial charge in [0.15, 0.2) is 0 Å². The van der Waals surface area contributed by atoms with E-state index in [1.54, 1.807) is 4.57 Å². The molecule has 1 heterocycles. The molecule has 1 aromatic heterocycles. The fraction of sp³-hybridized carbons (Fsp3) is 0.350. The Morgan fingerprint density at radius 1 is 1.04 bits per heavy atom. The molecule has 2 N–H and O–H groups in total. The molecule has 0 atom stereocenters. The highest BCUT2D eigenvalue weighted by Crippen LogP contribution is 2.30. The maximum atomic E-state index is 12.6. The van der Waals surface area contributed by atoms with Crippen molar-refractivity contribution < 1.29 is 0 Å². The third-order valence-electron chi connectivity index (χ3n) is 4.30. The molecule has 4 heteroatoms. The van der Waals surface area contributed by atoms with Crippen molar-refractivity contribution in [1.29, 1.82) is 0 Å². The summed E-state index contributed by atoms with van der Waals surface area (Å²) in [6.45, 7) is 9.16.